The summed E-state index contributed by atoms with van der Waals surface area (Å²) in [6, 6.07) is 11.3. The summed E-state index contributed by atoms with van der Waals surface area (Å²) in [5.74, 6) is -1.67. The van der Waals surface area contributed by atoms with Crippen molar-refractivity contribution in [3.63, 3.8) is 0 Å². The van der Waals surface area contributed by atoms with E-state index in [9.17, 15) is 19.5 Å². The largest absolute Gasteiger partial charge is 0.478 e. The van der Waals surface area contributed by atoms with E-state index in [1.807, 2.05) is 12.1 Å². The number of nitrogens with zero attached hydrogens (tertiary/aromatic N) is 2. The van der Waals surface area contributed by atoms with Crippen LogP contribution in [-0.4, -0.2) is 72.6 Å². The Kier molecular flexibility index (Phi) is 8.96. The van der Waals surface area contributed by atoms with E-state index in [-0.39, 0.29) is 41.4 Å². The molecular weight excluding hydrogens is 536 g/mol. The van der Waals surface area contributed by atoms with Gasteiger partial charge < -0.3 is 36.0 Å². The van der Waals surface area contributed by atoms with Crippen LogP contribution < -0.4 is 21.3 Å². The molecule has 2 amide bonds. The van der Waals surface area contributed by atoms with Crippen molar-refractivity contribution in [1.29, 1.82) is 5.41 Å². The number of aromatic carboxylic acids is 1. The summed E-state index contributed by atoms with van der Waals surface area (Å²) in [4.78, 5) is 43.4. The molecule has 1 saturated heterocycles. The molecule has 2 aromatic carbocycles. The van der Waals surface area contributed by atoms with E-state index in [2.05, 4.69) is 21.6 Å². The Morgan fingerprint density at radius 1 is 0.976 bits per heavy atom. The quantitative estimate of drug-likeness (QED) is 0.248. The number of piperidine rings is 1. The number of benzene rings is 2. The van der Waals surface area contributed by atoms with Gasteiger partial charge in [-0.05, 0) is 86.4 Å². The number of nitrogens with two attached hydrogens (primary N) is 1. The van der Waals surface area contributed by atoms with Crippen LogP contribution in [0.1, 0.15) is 66.1 Å². The molecule has 1 saturated carbocycles. The molecule has 1 atom stereocenters. The molecule has 2 heterocycles. The Labute approximate surface area is 245 Å². The molecule has 5 rings (SSSR count). The van der Waals surface area contributed by atoms with Gasteiger partial charge in [-0.15, -0.1) is 0 Å². The number of rotatable bonds is 7. The van der Waals surface area contributed by atoms with Gasteiger partial charge in [0.1, 0.15) is 6.04 Å². The molecule has 224 valence electrons. The van der Waals surface area contributed by atoms with Gasteiger partial charge in [0.25, 0.3) is 5.91 Å². The molecule has 0 spiro atoms. The molecule has 0 radical (unpaired) electrons. The highest BCUT2D eigenvalue weighted by Gasteiger charge is 2.40. The van der Waals surface area contributed by atoms with Crippen LogP contribution in [-0.2, 0) is 20.7 Å². The number of hydrogen-bond acceptors (Lipinski definition) is 6. The third kappa shape index (κ3) is 6.35. The molecule has 6 N–H and O–H groups in total. The monoisotopic (exact) mass is 576 g/mol. The average molecular weight is 577 g/mol. The molecule has 11 heteroatoms. The topological polar surface area (TPSA) is 161 Å². The van der Waals surface area contributed by atoms with Crippen molar-refractivity contribution in [3.8, 4) is 0 Å². The Morgan fingerprint density at radius 2 is 1.67 bits per heavy atom. The van der Waals surface area contributed by atoms with Gasteiger partial charge in [-0.1, -0.05) is 12.1 Å². The Bertz CT molecular complexity index is 1320. The van der Waals surface area contributed by atoms with Gasteiger partial charge in [0.2, 0.25) is 5.91 Å². The summed E-state index contributed by atoms with van der Waals surface area (Å²) in [6.07, 6.45) is 5.55. The van der Waals surface area contributed by atoms with Crippen molar-refractivity contribution < 1.29 is 24.2 Å². The molecular formula is C31H40N6O5. The second-order valence-electron chi connectivity index (χ2n) is 11.4. The molecule has 1 unspecified atom stereocenters. The Hall–Kier alpha value is -4.12. The van der Waals surface area contributed by atoms with E-state index in [1.165, 1.54) is 12.1 Å². The summed E-state index contributed by atoms with van der Waals surface area (Å²) < 4.78 is 5.56. The minimum atomic E-state index is -1.04. The van der Waals surface area contributed by atoms with E-state index < -0.39 is 12.0 Å². The molecule has 2 fully saturated rings. The minimum Gasteiger partial charge on any atom is -0.478 e. The number of hydrogen-bond donors (Lipinski definition) is 5. The fourth-order valence-electron chi connectivity index (χ4n) is 6.64. The van der Waals surface area contributed by atoms with Gasteiger partial charge in [0.15, 0.2) is 5.96 Å². The van der Waals surface area contributed by atoms with Crippen molar-refractivity contribution >= 4 is 35.1 Å². The van der Waals surface area contributed by atoms with E-state index in [0.29, 0.717) is 31.5 Å². The van der Waals surface area contributed by atoms with Crippen LogP contribution in [0.3, 0.4) is 0 Å². The zero-order valence-electron chi connectivity index (χ0n) is 24.0. The first-order valence-corrected chi connectivity index (χ1v) is 14.7. The van der Waals surface area contributed by atoms with Crippen LogP contribution >= 0.6 is 0 Å². The summed E-state index contributed by atoms with van der Waals surface area (Å²) in [5.41, 5.74) is 9.13. The number of carboxylic acids is 1. The molecule has 3 aliphatic rings. The average Bonchev–Trinajstić information content (AvgIpc) is 3.00. The van der Waals surface area contributed by atoms with Crippen LogP contribution in [0.2, 0.25) is 0 Å². The number of amides is 2. The zero-order chi connectivity index (χ0) is 29.8. The normalized spacial score (nSPS) is 22.6. The summed E-state index contributed by atoms with van der Waals surface area (Å²) in [6.45, 7) is 2.16. The number of fused-ring (bicyclic) bond motifs is 1. The number of ether oxygens (including phenoxy) is 1. The van der Waals surface area contributed by atoms with Gasteiger partial charge in [-0.25, -0.2) is 4.79 Å². The highest BCUT2D eigenvalue weighted by molar-refractivity contribution is 5.99. The predicted molar refractivity (Wildman–Crippen MR) is 160 cm³/mol. The molecule has 11 nitrogen and oxygen atoms in total. The second-order valence-corrected chi connectivity index (χ2v) is 11.4. The third-order valence-electron chi connectivity index (χ3n) is 8.88. The van der Waals surface area contributed by atoms with E-state index in [0.717, 1.165) is 55.6 Å². The number of carbonyl (C=O) groups excluding carboxylic acids is 2. The second kappa shape index (κ2) is 12.8. The lowest BCUT2D eigenvalue weighted by molar-refractivity contribution is -0.144. The predicted octanol–water partition coefficient (Wildman–Crippen LogP) is 3.11. The lowest BCUT2D eigenvalue weighted by Crippen LogP contribution is -2.49. The standard InChI is InChI=1S/C31H40N6O5/c1-42-23-13-16-36(17-14-23)26-4-2-3-25-24(26)15-18-37(29(39)19-5-9-22(10-6-19)35-31(32)33)27(25)28(38)34-21-11-7-20(8-12-21)30(40)41/h2-4,7-8,11-12,19,22-23,27H,5-6,9-10,13-18H2,1H3,(H,34,38)(H,40,41)(H4,32,33,35)/t19-,22-,27?. The van der Waals surface area contributed by atoms with Crippen LogP contribution in [0.25, 0.3) is 0 Å². The van der Waals surface area contributed by atoms with Crippen LogP contribution in [0.5, 0.6) is 0 Å². The number of carboxylic acid groups (broad SMARTS) is 1. The van der Waals surface area contributed by atoms with Crippen molar-refractivity contribution in [2.45, 2.75) is 63.1 Å². The minimum absolute atomic E-state index is 0.0328. The third-order valence-corrected chi connectivity index (χ3v) is 8.88. The lowest BCUT2D eigenvalue weighted by Gasteiger charge is -2.42. The Morgan fingerprint density at radius 3 is 2.29 bits per heavy atom. The van der Waals surface area contributed by atoms with Gasteiger partial charge in [-0.2, -0.15) is 0 Å². The molecule has 1 aliphatic carbocycles. The van der Waals surface area contributed by atoms with Crippen molar-refractivity contribution in [3.05, 3.63) is 59.2 Å². The summed E-state index contributed by atoms with van der Waals surface area (Å²) in [5, 5.41) is 22.7. The number of anilines is 2. The van der Waals surface area contributed by atoms with Gasteiger partial charge in [0, 0.05) is 50.1 Å². The van der Waals surface area contributed by atoms with Crippen LogP contribution in [0.4, 0.5) is 11.4 Å². The highest BCUT2D eigenvalue weighted by Crippen LogP contribution is 2.39. The van der Waals surface area contributed by atoms with Crippen LogP contribution in [0, 0.1) is 11.3 Å². The maximum absolute atomic E-state index is 14.0. The fraction of sp³-hybridized carbons (Fsp3) is 0.484. The van der Waals surface area contributed by atoms with Crippen LogP contribution in [0.15, 0.2) is 42.5 Å². The van der Waals surface area contributed by atoms with Gasteiger partial charge >= 0.3 is 5.97 Å². The fourth-order valence-corrected chi connectivity index (χ4v) is 6.64. The van der Waals surface area contributed by atoms with Crippen molar-refractivity contribution in [2.75, 3.05) is 37.0 Å². The first kappa shape index (κ1) is 29.4. The molecule has 2 aliphatic heterocycles. The number of nitrogens with one attached hydrogen (secondary N) is 3. The number of methoxy groups -OCH3 is 1. The summed E-state index contributed by atoms with van der Waals surface area (Å²) in [7, 11) is 1.75. The number of guanidine groups is 1. The van der Waals surface area contributed by atoms with Gasteiger partial charge in [-0.3, -0.25) is 15.0 Å². The number of carbonyl (C=O) groups is 3. The van der Waals surface area contributed by atoms with E-state index in [1.54, 1.807) is 24.1 Å². The first-order valence-electron chi connectivity index (χ1n) is 14.7. The zero-order valence-corrected chi connectivity index (χ0v) is 24.0. The van der Waals surface area contributed by atoms with Gasteiger partial charge in [0.05, 0.1) is 11.7 Å². The van der Waals surface area contributed by atoms with Crippen molar-refractivity contribution in [2.24, 2.45) is 11.7 Å². The summed E-state index contributed by atoms with van der Waals surface area (Å²) >= 11 is 0. The SMILES string of the molecule is COC1CCN(c2cccc3c2CCN(C(=O)[C@H]2CC[C@H](NC(=N)N)CC2)C3C(=O)Nc2ccc(C(=O)O)cc2)CC1. The molecule has 42 heavy (non-hydrogen) atoms. The van der Waals surface area contributed by atoms with E-state index in [4.69, 9.17) is 15.9 Å². The first-order chi connectivity index (χ1) is 20.2. The molecule has 0 aromatic heterocycles. The molecule has 0 bridgehead atoms. The maximum atomic E-state index is 14.0. The molecule has 2 aromatic rings. The maximum Gasteiger partial charge on any atom is 0.335 e. The van der Waals surface area contributed by atoms with Crippen molar-refractivity contribution in [1.82, 2.24) is 10.2 Å². The highest BCUT2D eigenvalue weighted by atomic mass is 16.5. The van der Waals surface area contributed by atoms with E-state index >= 15 is 0 Å². The lowest BCUT2D eigenvalue weighted by atomic mass is 9.83. The smallest absolute Gasteiger partial charge is 0.335 e. The Balaban J connectivity index is 1.42.